The van der Waals surface area contributed by atoms with Crippen molar-refractivity contribution in [3.8, 4) is 6.07 Å². The summed E-state index contributed by atoms with van der Waals surface area (Å²) in [4.78, 5) is 24.0. The van der Waals surface area contributed by atoms with E-state index in [0.717, 1.165) is 0 Å². The number of carbonyl (C=O) groups excluding carboxylic acids is 2. The molecule has 0 spiro atoms. The molecule has 0 aliphatic heterocycles. The molecule has 0 saturated heterocycles. The molecule has 1 amide bonds. The number of ether oxygens (including phenoxy) is 1. The molecule has 0 aliphatic rings. The summed E-state index contributed by atoms with van der Waals surface area (Å²) < 4.78 is 4.99. The van der Waals surface area contributed by atoms with Crippen LogP contribution in [-0.4, -0.2) is 23.1 Å². The first-order valence-corrected chi connectivity index (χ1v) is 7.26. The predicted molar refractivity (Wildman–Crippen MR) is 86.7 cm³/mol. The van der Waals surface area contributed by atoms with E-state index >= 15 is 0 Å². The van der Waals surface area contributed by atoms with Crippen molar-refractivity contribution in [2.75, 3.05) is 5.32 Å². The molecule has 2 aromatic rings. The largest absolute Gasteiger partial charge is 0.450 e. The zero-order valence-corrected chi connectivity index (χ0v) is 13.0. The molecule has 2 aromatic carbocycles. The van der Waals surface area contributed by atoms with E-state index in [9.17, 15) is 14.7 Å². The molecule has 0 heterocycles. The van der Waals surface area contributed by atoms with E-state index in [-0.39, 0.29) is 0 Å². The Balaban J connectivity index is 1.99. The first kappa shape index (κ1) is 17.2. The normalized spacial score (nSPS) is 12.5. The van der Waals surface area contributed by atoms with Gasteiger partial charge >= 0.3 is 5.97 Å². The van der Waals surface area contributed by atoms with Gasteiger partial charge in [-0.05, 0) is 24.6 Å². The van der Waals surface area contributed by atoms with Crippen molar-refractivity contribution in [2.24, 2.45) is 0 Å². The molecule has 0 aromatic heterocycles. The number of nitriles is 1. The molecule has 0 aliphatic carbocycles. The number of hydrogen-bond acceptors (Lipinski definition) is 5. The lowest BCUT2D eigenvalue weighted by Gasteiger charge is -2.16. The molecular formula is C18H16N2O4. The quantitative estimate of drug-likeness (QED) is 0.821. The number of nitrogens with zero attached hydrogens (tertiary/aromatic N) is 1. The molecule has 6 nitrogen and oxygen atoms in total. The molecule has 2 rings (SSSR count). The van der Waals surface area contributed by atoms with Gasteiger partial charge in [0.2, 0.25) is 0 Å². The van der Waals surface area contributed by atoms with E-state index in [2.05, 4.69) is 5.32 Å². The minimum absolute atomic E-state index is 0.300. The van der Waals surface area contributed by atoms with Gasteiger partial charge in [0.15, 0.2) is 12.2 Å². The highest BCUT2D eigenvalue weighted by molar-refractivity contribution is 5.96. The lowest BCUT2D eigenvalue weighted by molar-refractivity contribution is -0.162. The Morgan fingerprint density at radius 1 is 1.12 bits per heavy atom. The topological polar surface area (TPSA) is 99.4 Å². The second-order valence-corrected chi connectivity index (χ2v) is 5.04. The van der Waals surface area contributed by atoms with E-state index in [1.54, 1.807) is 54.6 Å². The predicted octanol–water partition coefficient (Wildman–Crippen LogP) is 2.16. The van der Waals surface area contributed by atoms with Crippen LogP contribution < -0.4 is 5.32 Å². The first-order chi connectivity index (χ1) is 11.5. The molecule has 0 fully saturated rings. The summed E-state index contributed by atoms with van der Waals surface area (Å²) in [6.07, 6.45) is -2.59. The molecular weight excluding hydrogens is 308 g/mol. The Morgan fingerprint density at radius 2 is 1.75 bits per heavy atom. The smallest absolute Gasteiger partial charge is 0.340 e. The maximum atomic E-state index is 12.1. The summed E-state index contributed by atoms with van der Waals surface area (Å²) in [5, 5.41) is 21.5. The molecule has 0 saturated carbocycles. The standard InChI is InChI=1S/C18H16N2O4/c1-12(17(22)20-15-10-6-5-9-14(15)11-19)24-18(23)16(21)13-7-3-2-4-8-13/h2-10,12,16,21H,1H3,(H,20,22)/t12-,16+/m1/s1. The van der Waals surface area contributed by atoms with Crippen LogP contribution in [0.4, 0.5) is 5.69 Å². The van der Waals surface area contributed by atoms with Crippen molar-refractivity contribution in [2.45, 2.75) is 19.1 Å². The fourth-order valence-corrected chi connectivity index (χ4v) is 1.99. The Kier molecular flexibility index (Phi) is 5.66. The minimum atomic E-state index is -1.46. The molecule has 24 heavy (non-hydrogen) atoms. The van der Waals surface area contributed by atoms with Crippen LogP contribution in [0.1, 0.15) is 24.2 Å². The Hall–Kier alpha value is -3.17. The maximum absolute atomic E-state index is 12.1. The van der Waals surface area contributed by atoms with Crippen LogP contribution in [0.2, 0.25) is 0 Å². The highest BCUT2D eigenvalue weighted by Crippen LogP contribution is 2.17. The zero-order chi connectivity index (χ0) is 17.5. The van der Waals surface area contributed by atoms with Crippen molar-refractivity contribution >= 4 is 17.6 Å². The number of aliphatic hydroxyl groups is 1. The lowest BCUT2D eigenvalue weighted by Crippen LogP contribution is -2.32. The van der Waals surface area contributed by atoms with Crippen LogP contribution in [-0.2, 0) is 14.3 Å². The van der Waals surface area contributed by atoms with Crippen LogP contribution in [0.25, 0.3) is 0 Å². The van der Waals surface area contributed by atoms with Gasteiger partial charge in [-0.3, -0.25) is 4.79 Å². The second kappa shape index (κ2) is 7.90. The first-order valence-electron chi connectivity index (χ1n) is 7.26. The van der Waals surface area contributed by atoms with Crippen molar-refractivity contribution in [1.82, 2.24) is 0 Å². The maximum Gasteiger partial charge on any atom is 0.340 e. The van der Waals surface area contributed by atoms with Gasteiger partial charge < -0.3 is 15.2 Å². The monoisotopic (exact) mass is 324 g/mol. The van der Waals surface area contributed by atoms with E-state index in [4.69, 9.17) is 10.00 Å². The summed E-state index contributed by atoms with van der Waals surface area (Å²) in [6, 6.07) is 16.7. The average molecular weight is 324 g/mol. The lowest BCUT2D eigenvalue weighted by atomic mass is 10.1. The van der Waals surface area contributed by atoms with Gasteiger partial charge in [-0.15, -0.1) is 0 Å². The summed E-state index contributed by atoms with van der Waals surface area (Å²) >= 11 is 0. The highest BCUT2D eigenvalue weighted by Gasteiger charge is 2.24. The number of anilines is 1. The number of esters is 1. The summed E-state index contributed by atoms with van der Waals surface area (Å²) in [7, 11) is 0. The number of rotatable bonds is 5. The van der Waals surface area contributed by atoms with E-state index in [1.807, 2.05) is 6.07 Å². The third-order valence-corrected chi connectivity index (χ3v) is 3.31. The number of para-hydroxylation sites is 1. The number of nitrogens with one attached hydrogen (secondary N) is 1. The molecule has 0 radical (unpaired) electrons. The second-order valence-electron chi connectivity index (χ2n) is 5.04. The molecule has 2 N–H and O–H groups in total. The number of amides is 1. The van der Waals surface area contributed by atoms with E-state index in [0.29, 0.717) is 16.8 Å². The molecule has 0 bridgehead atoms. The number of benzene rings is 2. The van der Waals surface area contributed by atoms with Crippen LogP contribution >= 0.6 is 0 Å². The van der Waals surface area contributed by atoms with Crippen LogP contribution in [0.3, 0.4) is 0 Å². The van der Waals surface area contributed by atoms with Crippen LogP contribution in [0.15, 0.2) is 54.6 Å². The SMILES string of the molecule is C[C@@H](OC(=O)[C@@H](O)c1ccccc1)C(=O)Nc1ccccc1C#N. The van der Waals surface area contributed by atoms with Gasteiger partial charge in [0.05, 0.1) is 11.3 Å². The van der Waals surface area contributed by atoms with E-state index in [1.165, 1.54) is 6.92 Å². The Labute approximate surface area is 139 Å². The Morgan fingerprint density at radius 3 is 2.42 bits per heavy atom. The van der Waals surface area contributed by atoms with Crippen LogP contribution in [0.5, 0.6) is 0 Å². The van der Waals surface area contributed by atoms with Crippen molar-refractivity contribution in [1.29, 1.82) is 5.26 Å². The minimum Gasteiger partial charge on any atom is -0.450 e. The van der Waals surface area contributed by atoms with Crippen molar-refractivity contribution in [3.63, 3.8) is 0 Å². The summed E-state index contributed by atoms with van der Waals surface area (Å²) in [5.74, 6) is -1.51. The van der Waals surface area contributed by atoms with E-state index < -0.39 is 24.1 Å². The number of carbonyl (C=O) groups is 2. The third-order valence-electron chi connectivity index (χ3n) is 3.31. The van der Waals surface area contributed by atoms with Gasteiger partial charge in [-0.2, -0.15) is 5.26 Å². The Bertz CT molecular complexity index is 768. The fraction of sp³-hybridized carbons (Fsp3) is 0.167. The third kappa shape index (κ3) is 4.18. The average Bonchev–Trinajstić information content (AvgIpc) is 2.62. The van der Waals surface area contributed by atoms with Crippen molar-refractivity contribution in [3.05, 3.63) is 65.7 Å². The van der Waals surface area contributed by atoms with Gasteiger partial charge in [0.25, 0.3) is 5.91 Å². The summed E-state index contributed by atoms with van der Waals surface area (Å²) in [5.41, 5.74) is 1.01. The molecule has 2 atom stereocenters. The van der Waals surface area contributed by atoms with Gasteiger partial charge in [-0.1, -0.05) is 42.5 Å². The molecule has 122 valence electrons. The van der Waals surface area contributed by atoms with Crippen LogP contribution in [0, 0.1) is 11.3 Å². The van der Waals surface area contributed by atoms with Gasteiger partial charge in [-0.25, -0.2) is 4.79 Å². The zero-order valence-electron chi connectivity index (χ0n) is 13.0. The number of hydrogen-bond donors (Lipinski definition) is 2. The van der Waals surface area contributed by atoms with Crippen molar-refractivity contribution < 1.29 is 19.4 Å². The highest BCUT2D eigenvalue weighted by atomic mass is 16.6. The molecule has 6 heteroatoms. The fourth-order valence-electron chi connectivity index (χ4n) is 1.99. The number of aliphatic hydroxyl groups excluding tert-OH is 1. The molecule has 0 unspecified atom stereocenters. The summed E-state index contributed by atoms with van der Waals surface area (Å²) in [6.45, 7) is 1.39. The van der Waals surface area contributed by atoms with Gasteiger partial charge in [0.1, 0.15) is 6.07 Å². The van der Waals surface area contributed by atoms with Gasteiger partial charge in [0, 0.05) is 0 Å².